The third kappa shape index (κ3) is 1.58. The summed E-state index contributed by atoms with van der Waals surface area (Å²) in [5.41, 5.74) is 4.03. The average Bonchev–Trinajstić information content (AvgIpc) is 2.23. The van der Waals surface area contributed by atoms with Gasteiger partial charge in [-0.2, -0.15) is 0 Å². The molecular formula is C14H17N. The lowest BCUT2D eigenvalue weighted by Crippen LogP contribution is -2.09. The first-order chi connectivity index (χ1) is 7.11. The lowest BCUT2D eigenvalue weighted by Gasteiger charge is -2.16. The van der Waals surface area contributed by atoms with Gasteiger partial charge in [0.15, 0.2) is 0 Å². The number of rotatable bonds is 1. The predicted octanol–water partition coefficient (Wildman–Crippen LogP) is 3.52. The van der Waals surface area contributed by atoms with E-state index in [4.69, 9.17) is 0 Å². The van der Waals surface area contributed by atoms with Crippen molar-refractivity contribution < 1.29 is 0 Å². The summed E-state index contributed by atoms with van der Waals surface area (Å²) in [6, 6.07) is 10.9. The first kappa shape index (κ1) is 10.0. The lowest BCUT2D eigenvalue weighted by atomic mass is 9.99. The Morgan fingerprint density at radius 1 is 0.867 bits per heavy atom. The Morgan fingerprint density at radius 2 is 1.60 bits per heavy atom. The number of nitrogens with zero attached hydrogens (tertiary/aromatic N) is 1. The van der Waals surface area contributed by atoms with Crippen LogP contribution in [0.4, 0.5) is 5.69 Å². The molecule has 0 saturated carbocycles. The van der Waals surface area contributed by atoms with Gasteiger partial charge in [0.1, 0.15) is 0 Å². The third-order valence-electron chi connectivity index (χ3n) is 3.06. The molecule has 1 heteroatoms. The highest BCUT2D eigenvalue weighted by atomic mass is 15.1. The van der Waals surface area contributed by atoms with E-state index in [1.807, 2.05) is 0 Å². The highest BCUT2D eigenvalue weighted by Crippen LogP contribution is 2.28. The first-order valence-corrected chi connectivity index (χ1v) is 5.27. The molecular weight excluding hydrogens is 182 g/mol. The van der Waals surface area contributed by atoms with E-state index in [0.29, 0.717) is 0 Å². The number of benzene rings is 2. The molecule has 2 aromatic rings. The van der Waals surface area contributed by atoms with E-state index >= 15 is 0 Å². The third-order valence-corrected chi connectivity index (χ3v) is 3.06. The Hall–Kier alpha value is -1.50. The van der Waals surface area contributed by atoms with E-state index in [1.165, 1.54) is 27.6 Å². The fourth-order valence-electron chi connectivity index (χ4n) is 1.99. The molecule has 78 valence electrons. The van der Waals surface area contributed by atoms with Gasteiger partial charge in [0.2, 0.25) is 0 Å². The molecule has 0 N–H and O–H groups in total. The number of aryl methyl sites for hydroxylation is 2. The van der Waals surface area contributed by atoms with Crippen molar-refractivity contribution in [2.75, 3.05) is 19.0 Å². The molecule has 0 aliphatic rings. The van der Waals surface area contributed by atoms with Crippen molar-refractivity contribution in [2.24, 2.45) is 0 Å². The van der Waals surface area contributed by atoms with Crippen molar-refractivity contribution in [3.63, 3.8) is 0 Å². The zero-order valence-corrected chi connectivity index (χ0v) is 9.83. The molecule has 0 fully saturated rings. The van der Waals surface area contributed by atoms with Gasteiger partial charge in [0.25, 0.3) is 0 Å². The largest absolute Gasteiger partial charge is 0.377 e. The quantitative estimate of drug-likeness (QED) is 0.679. The molecule has 2 rings (SSSR count). The summed E-state index contributed by atoms with van der Waals surface area (Å²) < 4.78 is 0. The molecule has 0 aromatic heterocycles. The summed E-state index contributed by atoms with van der Waals surface area (Å²) in [5, 5.41) is 2.70. The molecule has 15 heavy (non-hydrogen) atoms. The van der Waals surface area contributed by atoms with Crippen LogP contribution in [0.25, 0.3) is 10.8 Å². The summed E-state index contributed by atoms with van der Waals surface area (Å²) in [6.45, 7) is 4.36. The Balaban J connectivity index is 2.83. The molecule has 0 spiro atoms. The van der Waals surface area contributed by atoms with Gasteiger partial charge in [-0.05, 0) is 36.4 Å². The fourth-order valence-corrected chi connectivity index (χ4v) is 1.99. The number of anilines is 1. The van der Waals surface area contributed by atoms with Crippen LogP contribution in [0.2, 0.25) is 0 Å². The Bertz CT molecular complexity index is 498. The first-order valence-electron chi connectivity index (χ1n) is 5.27. The van der Waals surface area contributed by atoms with Crippen LogP contribution >= 0.6 is 0 Å². The molecule has 0 heterocycles. The molecule has 0 aliphatic heterocycles. The molecule has 1 nitrogen and oxygen atoms in total. The maximum atomic E-state index is 2.22. The van der Waals surface area contributed by atoms with Crippen LogP contribution in [0.5, 0.6) is 0 Å². The lowest BCUT2D eigenvalue weighted by molar-refractivity contribution is 1.14. The molecule has 0 saturated heterocycles. The number of hydrogen-bond donors (Lipinski definition) is 0. The average molecular weight is 199 g/mol. The second-order valence-corrected chi connectivity index (χ2v) is 4.27. The molecule has 0 atom stereocenters. The fraction of sp³-hybridized carbons (Fsp3) is 0.286. The summed E-state index contributed by atoms with van der Waals surface area (Å²) in [4.78, 5) is 2.16. The predicted molar refractivity (Wildman–Crippen MR) is 67.7 cm³/mol. The van der Waals surface area contributed by atoms with Gasteiger partial charge in [-0.25, -0.2) is 0 Å². The van der Waals surface area contributed by atoms with Crippen LogP contribution in [-0.2, 0) is 0 Å². The van der Waals surface area contributed by atoms with Gasteiger partial charge in [-0.15, -0.1) is 0 Å². The molecule has 0 radical (unpaired) electrons. The van der Waals surface area contributed by atoms with Gasteiger partial charge in [0, 0.05) is 25.2 Å². The minimum Gasteiger partial charge on any atom is -0.377 e. The van der Waals surface area contributed by atoms with Crippen molar-refractivity contribution in [3.8, 4) is 0 Å². The molecule has 2 aromatic carbocycles. The Morgan fingerprint density at radius 3 is 2.27 bits per heavy atom. The van der Waals surface area contributed by atoms with E-state index < -0.39 is 0 Å². The van der Waals surface area contributed by atoms with E-state index in [9.17, 15) is 0 Å². The van der Waals surface area contributed by atoms with Gasteiger partial charge in [-0.1, -0.05) is 24.3 Å². The van der Waals surface area contributed by atoms with Gasteiger partial charge < -0.3 is 4.90 Å². The van der Waals surface area contributed by atoms with Crippen LogP contribution in [0, 0.1) is 13.8 Å². The zero-order chi connectivity index (χ0) is 11.0. The van der Waals surface area contributed by atoms with Crippen LogP contribution in [0.15, 0.2) is 30.3 Å². The highest BCUT2D eigenvalue weighted by molar-refractivity contribution is 5.96. The van der Waals surface area contributed by atoms with Gasteiger partial charge >= 0.3 is 0 Å². The van der Waals surface area contributed by atoms with E-state index in [1.54, 1.807) is 0 Å². The van der Waals surface area contributed by atoms with Gasteiger partial charge in [-0.3, -0.25) is 0 Å². The van der Waals surface area contributed by atoms with E-state index in [-0.39, 0.29) is 0 Å². The second kappa shape index (κ2) is 3.58. The maximum absolute atomic E-state index is 2.22. The number of hydrogen-bond acceptors (Lipinski definition) is 1. The van der Waals surface area contributed by atoms with E-state index in [0.717, 1.165) is 0 Å². The molecule has 0 unspecified atom stereocenters. The number of fused-ring (bicyclic) bond motifs is 1. The summed E-state index contributed by atoms with van der Waals surface area (Å²) in [7, 11) is 4.17. The van der Waals surface area contributed by atoms with E-state index in [2.05, 4.69) is 63.2 Å². The zero-order valence-electron chi connectivity index (χ0n) is 9.83. The van der Waals surface area contributed by atoms with Crippen LogP contribution < -0.4 is 4.90 Å². The normalized spacial score (nSPS) is 10.7. The highest BCUT2D eigenvalue weighted by Gasteiger charge is 2.05. The topological polar surface area (TPSA) is 3.24 Å². The van der Waals surface area contributed by atoms with Crippen molar-refractivity contribution >= 4 is 16.5 Å². The van der Waals surface area contributed by atoms with Crippen LogP contribution in [0.1, 0.15) is 11.1 Å². The minimum absolute atomic E-state index is 1.29. The Kier molecular flexibility index (Phi) is 2.39. The SMILES string of the molecule is Cc1ccc2c(N(C)C)cccc2c1C. The monoisotopic (exact) mass is 199 g/mol. The summed E-state index contributed by atoms with van der Waals surface area (Å²) >= 11 is 0. The molecule has 0 bridgehead atoms. The van der Waals surface area contributed by atoms with Crippen molar-refractivity contribution in [1.29, 1.82) is 0 Å². The van der Waals surface area contributed by atoms with Crippen LogP contribution in [0.3, 0.4) is 0 Å². The molecule has 0 amide bonds. The standard InChI is InChI=1S/C14H17N/c1-10-8-9-13-12(11(10)2)6-5-7-14(13)15(3)4/h5-9H,1-4H3. The van der Waals surface area contributed by atoms with Crippen molar-refractivity contribution in [2.45, 2.75) is 13.8 Å². The van der Waals surface area contributed by atoms with Crippen LogP contribution in [-0.4, -0.2) is 14.1 Å². The Labute approximate surface area is 91.3 Å². The minimum atomic E-state index is 1.29. The smallest absolute Gasteiger partial charge is 0.0440 e. The molecule has 0 aliphatic carbocycles. The van der Waals surface area contributed by atoms with Crippen molar-refractivity contribution in [1.82, 2.24) is 0 Å². The summed E-state index contributed by atoms with van der Waals surface area (Å²) in [5.74, 6) is 0. The van der Waals surface area contributed by atoms with Gasteiger partial charge in [0.05, 0.1) is 0 Å². The maximum Gasteiger partial charge on any atom is 0.0440 e. The summed E-state index contributed by atoms with van der Waals surface area (Å²) in [6.07, 6.45) is 0. The van der Waals surface area contributed by atoms with Crippen molar-refractivity contribution in [3.05, 3.63) is 41.5 Å². The second-order valence-electron chi connectivity index (χ2n) is 4.27.